The zero-order chi connectivity index (χ0) is 12.4. The van der Waals surface area contributed by atoms with Gasteiger partial charge in [-0.3, -0.25) is 4.79 Å². The van der Waals surface area contributed by atoms with Crippen LogP contribution >= 0.6 is 11.3 Å². The lowest BCUT2D eigenvalue weighted by atomic mass is 9.94. The highest BCUT2D eigenvalue weighted by atomic mass is 32.1. The van der Waals surface area contributed by atoms with Gasteiger partial charge in [-0.05, 0) is 32.1 Å². The topological polar surface area (TPSA) is 33.2 Å². The third-order valence-electron chi connectivity index (χ3n) is 3.54. The lowest BCUT2D eigenvalue weighted by Gasteiger charge is -2.36. The first-order valence-corrected chi connectivity index (χ1v) is 7.18. The molecule has 3 nitrogen and oxygen atoms in total. The number of nitrogens with zero attached hydrogens (tertiary/aromatic N) is 2. The number of piperidine rings is 1. The van der Waals surface area contributed by atoms with Crippen molar-refractivity contribution in [2.24, 2.45) is 5.92 Å². The van der Waals surface area contributed by atoms with E-state index >= 15 is 0 Å². The summed E-state index contributed by atoms with van der Waals surface area (Å²) in [5.74, 6) is 0.803. The molecule has 1 fully saturated rings. The Balaban J connectivity index is 2.21. The van der Waals surface area contributed by atoms with Gasteiger partial charge in [0.2, 0.25) is 0 Å². The first-order chi connectivity index (χ1) is 8.15. The second-order valence-corrected chi connectivity index (χ2v) is 5.96. The summed E-state index contributed by atoms with van der Waals surface area (Å²) in [6, 6.07) is 0.536. The van der Waals surface area contributed by atoms with Crippen LogP contribution in [-0.2, 0) is 6.42 Å². The molecular formula is C13H20N2OS. The summed E-state index contributed by atoms with van der Waals surface area (Å²) in [6.07, 6.45) is 4.22. The summed E-state index contributed by atoms with van der Waals surface area (Å²) in [6.45, 7) is 7.68. The molecular weight excluding hydrogens is 232 g/mol. The second-order valence-electron chi connectivity index (χ2n) is 4.95. The monoisotopic (exact) mass is 252 g/mol. The molecule has 94 valence electrons. The Morgan fingerprint density at radius 1 is 1.53 bits per heavy atom. The number of hydrogen-bond acceptors (Lipinski definition) is 4. The highest BCUT2D eigenvalue weighted by molar-refractivity contribution is 7.17. The number of aldehydes is 1. The van der Waals surface area contributed by atoms with E-state index in [0.717, 1.165) is 40.9 Å². The lowest BCUT2D eigenvalue weighted by molar-refractivity contribution is 0.112. The van der Waals surface area contributed by atoms with Gasteiger partial charge in [-0.25, -0.2) is 4.98 Å². The SMILES string of the molecule is CCc1nc(N2CCC(C)CC2C)sc1C=O. The van der Waals surface area contributed by atoms with Crippen LogP contribution in [0.1, 0.15) is 49.0 Å². The van der Waals surface area contributed by atoms with Crippen LogP contribution < -0.4 is 4.90 Å². The molecule has 2 atom stereocenters. The molecule has 1 aromatic heterocycles. The third-order valence-corrected chi connectivity index (χ3v) is 4.60. The Bertz CT molecular complexity index is 402. The fourth-order valence-electron chi connectivity index (χ4n) is 2.51. The molecule has 0 saturated carbocycles. The van der Waals surface area contributed by atoms with Gasteiger partial charge < -0.3 is 4.90 Å². The van der Waals surface area contributed by atoms with Crippen LogP contribution in [0.25, 0.3) is 0 Å². The minimum atomic E-state index is 0.536. The molecule has 2 heterocycles. The molecule has 1 aliphatic heterocycles. The van der Waals surface area contributed by atoms with E-state index in [4.69, 9.17) is 0 Å². The zero-order valence-electron chi connectivity index (χ0n) is 10.8. The summed E-state index contributed by atoms with van der Waals surface area (Å²) in [4.78, 5) is 18.7. The summed E-state index contributed by atoms with van der Waals surface area (Å²) < 4.78 is 0. The zero-order valence-corrected chi connectivity index (χ0v) is 11.6. The molecule has 1 saturated heterocycles. The molecule has 0 spiro atoms. The molecule has 0 bridgehead atoms. The molecule has 0 N–H and O–H groups in total. The fourth-order valence-corrected chi connectivity index (χ4v) is 3.61. The van der Waals surface area contributed by atoms with Crippen molar-refractivity contribution >= 4 is 22.8 Å². The maximum absolute atomic E-state index is 11.0. The quantitative estimate of drug-likeness (QED) is 0.775. The largest absolute Gasteiger partial charge is 0.345 e. The van der Waals surface area contributed by atoms with E-state index in [1.54, 1.807) is 11.3 Å². The summed E-state index contributed by atoms with van der Waals surface area (Å²) >= 11 is 1.54. The predicted molar refractivity (Wildman–Crippen MR) is 72.1 cm³/mol. The van der Waals surface area contributed by atoms with E-state index in [0.29, 0.717) is 6.04 Å². The molecule has 1 aliphatic rings. The summed E-state index contributed by atoms with van der Waals surface area (Å²) in [5.41, 5.74) is 0.950. The van der Waals surface area contributed by atoms with Gasteiger partial charge in [-0.2, -0.15) is 0 Å². The molecule has 4 heteroatoms. The van der Waals surface area contributed by atoms with Crippen LogP contribution in [0.15, 0.2) is 0 Å². The van der Waals surface area contributed by atoms with Gasteiger partial charge in [0.25, 0.3) is 0 Å². The Kier molecular flexibility index (Phi) is 3.82. The van der Waals surface area contributed by atoms with E-state index in [2.05, 4.69) is 23.7 Å². The number of hydrogen-bond donors (Lipinski definition) is 0. The fraction of sp³-hybridized carbons (Fsp3) is 0.692. The van der Waals surface area contributed by atoms with Crippen LogP contribution in [0.3, 0.4) is 0 Å². The Morgan fingerprint density at radius 2 is 2.29 bits per heavy atom. The van der Waals surface area contributed by atoms with Crippen molar-refractivity contribution < 1.29 is 4.79 Å². The first-order valence-electron chi connectivity index (χ1n) is 6.37. The highest BCUT2D eigenvalue weighted by Gasteiger charge is 2.25. The van der Waals surface area contributed by atoms with Crippen LogP contribution in [0, 0.1) is 5.92 Å². The van der Waals surface area contributed by atoms with Gasteiger partial charge in [-0.1, -0.05) is 25.2 Å². The molecule has 1 aromatic rings. The van der Waals surface area contributed by atoms with E-state index in [-0.39, 0.29) is 0 Å². The minimum absolute atomic E-state index is 0.536. The molecule has 17 heavy (non-hydrogen) atoms. The summed E-state index contributed by atoms with van der Waals surface area (Å²) in [5, 5.41) is 1.03. The van der Waals surface area contributed by atoms with Crippen LogP contribution in [-0.4, -0.2) is 23.9 Å². The maximum Gasteiger partial charge on any atom is 0.186 e. The number of rotatable bonds is 3. The molecule has 0 radical (unpaired) electrons. The van der Waals surface area contributed by atoms with Crippen molar-refractivity contribution in [3.8, 4) is 0 Å². The van der Waals surface area contributed by atoms with Gasteiger partial charge in [0, 0.05) is 12.6 Å². The summed E-state index contributed by atoms with van der Waals surface area (Å²) in [7, 11) is 0. The minimum Gasteiger partial charge on any atom is -0.345 e. The number of carbonyl (C=O) groups excluding carboxylic acids is 1. The van der Waals surface area contributed by atoms with E-state index in [9.17, 15) is 4.79 Å². The Morgan fingerprint density at radius 3 is 2.82 bits per heavy atom. The van der Waals surface area contributed by atoms with E-state index in [1.807, 2.05) is 6.92 Å². The van der Waals surface area contributed by atoms with Crippen molar-refractivity contribution in [3.63, 3.8) is 0 Å². The lowest BCUT2D eigenvalue weighted by Crippen LogP contribution is -2.40. The number of thiazole rings is 1. The highest BCUT2D eigenvalue weighted by Crippen LogP contribution is 2.32. The van der Waals surface area contributed by atoms with Gasteiger partial charge in [0.05, 0.1) is 10.6 Å². The Labute approximate surface area is 107 Å². The number of anilines is 1. The molecule has 2 unspecified atom stereocenters. The molecule has 0 aliphatic carbocycles. The normalized spacial score (nSPS) is 25.0. The number of aromatic nitrogens is 1. The van der Waals surface area contributed by atoms with Gasteiger partial charge in [0.1, 0.15) is 0 Å². The third kappa shape index (κ3) is 2.51. The van der Waals surface area contributed by atoms with Crippen LogP contribution in [0.5, 0.6) is 0 Å². The molecule has 2 rings (SSSR count). The smallest absolute Gasteiger partial charge is 0.186 e. The predicted octanol–water partition coefficient (Wildman–Crippen LogP) is 3.14. The standard InChI is InChI=1S/C13H20N2OS/c1-4-11-12(8-16)17-13(14-11)15-6-5-9(2)7-10(15)3/h8-10H,4-7H2,1-3H3. The average molecular weight is 252 g/mol. The van der Waals surface area contributed by atoms with Crippen molar-refractivity contribution in [1.29, 1.82) is 0 Å². The number of carbonyl (C=O) groups is 1. The van der Waals surface area contributed by atoms with E-state index < -0.39 is 0 Å². The van der Waals surface area contributed by atoms with Crippen molar-refractivity contribution in [3.05, 3.63) is 10.6 Å². The molecule has 0 amide bonds. The van der Waals surface area contributed by atoms with Crippen molar-refractivity contribution in [2.45, 2.75) is 46.1 Å². The second kappa shape index (κ2) is 5.17. The van der Waals surface area contributed by atoms with Gasteiger partial charge >= 0.3 is 0 Å². The Hall–Kier alpha value is -0.900. The van der Waals surface area contributed by atoms with Crippen LogP contribution in [0.2, 0.25) is 0 Å². The van der Waals surface area contributed by atoms with Gasteiger partial charge in [-0.15, -0.1) is 0 Å². The average Bonchev–Trinajstić information content (AvgIpc) is 2.72. The van der Waals surface area contributed by atoms with E-state index in [1.165, 1.54) is 12.8 Å². The van der Waals surface area contributed by atoms with Crippen molar-refractivity contribution in [1.82, 2.24) is 4.98 Å². The van der Waals surface area contributed by atoms with Crippen LogP contribution in [0.4, 0.5) is 5.13 Å². The van der Waals surface area contributed by atoms with Crippen molar-refractivity contribution in [2.75, 3.05) is 11.4 Å². The van der Waals surface area contributed by atoms with Gasteiger partial charge in [0.15, 0.2) is 11.4 Å². The maximum atomic E-state index is 11.0. The number of aryl methyl sites for hydroxylation is 1. The first kappa shape index (κ1) is 12.6. The molecule has 0 aromatic carbocycles.